The lowest BCUT2D eigenvalue weighted by Gasteiger charge is -2.24. The molecule has 1 amide bonds. The van der Waals surface area contributed by atoms with Crippen LogP contribution in [-0.4, -0.2) is 18.0 Å². The Balaban J connectivity index is 1.98. The van der Waals surface area contributed by atoms with Crippen molar-refractivity contribution in [3.8, 4) is 5.75 Å². The second kappa shape index (κ2) is 6.32. The average Bonchev–Trinajstić information content (AvgIpc) is 3.00. The van der Waals surface area contributed by atoms with E-state index in [1.807, 2.05) is 62.5 Å². The molecule has 3 aromatic rings. The number of fused-ring (bicyclic) bond motifs is 1. The van der Waals surface area contributed by atoms with Crippen molar-refractivity contribution < 1.29 is 9.53 Å². The first-order valence-electron chi connectivity index (χ1n) is 7.65. The van der Waals surface area contributed by atoms with E-state index in [0.717, 1.165) is 32.4 Å². The van der Waals surface area contributed by atoms with E-state index in [1.54, 1.807) is 7.11 Å². The van der Waals surface area contributed by atoms with Gasteiger partial charge in [0.1, 0.15) is 5.75 Å². The molecule has 0 saturated carbocycles. The smallest absolute Gasteiger partial charge is 0.234 e. The zero-order chi connectivity index (χ0) is 17.3. The number of H-pyrrole nitrogens is 1. The monoisotopic (exact) mass is 386 g/mol. The van der Waals surface area contributed by atoms with Crippen LogP contribution in [0.2, 0.25) is 0 Å². The van der Waals surface area contributed by atoms with E-state index in [2.05, 4.69) is 26.2 Å². The van der Waals surface area contributed by atoms with Crippen molar-refractivity contribution in [1.82, 2.24) is 4.98 Å². The Kier molecular flexibility index (Phi) is 4.37. The summed E-state index contributed by atoms with van der Waals surface area (Å²) in [4.78, 5) is 16.1. The summed E-state index contributed by atoms with van der Waals surface area (Å²) >= 11 is 3.46. The lowest BCUT2D eigenvalue weighted by Crippen LogP contribution is -2.34. The largest absolute Gasteiger partial charge is 0.497 e. The third kappa shape index (κ3) is 2.91. The number of aromatic amines is 1. The van der Waals surface area contributed by atoms with Crippen LogP contribution in [0.5, 0.6) is 5.75 Å². The van der Waals surface area contributed by atoms with Gasteiger partial charge in [0, 0.05) is 21.6 Å². The molecule has 0 aliphatic rings. The fraction of sp³-hybridized carbons (Fsp3) is 0.211. The third-order valence-electron chi connectivity index (χ3n) is 4.25. The van der Waals surface area contributed by atoms with Gasteiger partial charge >= 0.3 is 0 Å². The van der Waals surface area contributed by atoms with E-state index >= 15 is 0 Å². The molecule has 0 aliphatic heterocycles. The van der Waals surface area contributed by atoms with Crippen LogP contribution >= 0.6 is 15.9 Å². The first-order chi connectivity index (χ1) is 11.4. The number of amides is 1. The van der Waals surface area contributed by atoms with Crippen LogP contribution in [-0.2, 0) is 10.2 Å². The molecule has 0 radical (unpaired) electrons. The summed E-state index contributed by atoms with van der Waals surface area (Å²) < 4.78 is 6.17. The van der Waals surface area contributed by atoms with Crippen molar-refractivity contribution >= 4 is 38.4 Å². The van der Waals surface area contributed by atoms with Crippen LogP contribution in [0.15, 0.2) is 53.1 Å². The van der Waals surface area contributed by atoms with Crippen LogP contribution in [0.4, 0.5) is 5.69 Å². The fourth-order valence-electron chi connectivity index (χ4n) is 2.71. The van der Waals surface area contributed by atoms with Crippen molar-refractivity contribution in [1.29, 1.82) is 0 Å². The molecule has 0 aliphatic carbocycles. The van der Waals surface area contributed by atoms with Gasteiger partial charge in [-0.2, -0.15) is 0 Å². The highest BCUT2D eigenvalue weighted by Crippen LogP contribution is 2.34. The molecule has 24 heavy (non-hydrogen) atoms. The Morgan fingerprint density at radius 3 is 2.67 bits per heavy atom. The molecule has 0 unspecified atom stereocenters. The molecular weight excluding hydrogens is 368 g/mol. The van der Waals surface area contributed by atoms with Crippen LogP contribution in [0, 0.1) is 0 Å². The third-order valence-corrected chi connectivity index (χ3v) is 4.94. The maximum Gasteiger partial charge on any atom is 0.234 e. The Bertz CT molecular complexity index is 899. The van der Waals surface area contributed by atoms with Crippen molar-refractivity contribution in [2.24, 2.45) is 0 Å². The molecular formula is C19H19BrN2O2. The lowest BCUT2D eigenvalue weighted by molar-refractivity contribution is -0.120. The molecule has 4 nitrogen and oxygen atoms in total. The maximum absolute atomic E-state index is 12.9. The van der Waals surface area contributed by atoms with Crippen LogP contribution < -0.4 is 10.1 Å². The highest BCUT2D eigenvalue weighted by atomic mass is 79.9. The van der Waals surface area contributed by atoms with E-state index in [0.29, 0.717) is 0 Å². The van der Waals surface area contributed by atoms with Crippen molar-refractivity contribution in [2.75, 3.05) is 12.4 Å². The van der Waals surface area contributed by atoms with Gasteiger partial charge in [-0.1, -0.05) is 12.1 Å². The highest BCUT2D eigenvalue weighted by molar-refractivity contribution is 9.10. The molecule has 1 aromatic heterocycles. The standard InChI is InChI=1S/C19H19BrN2O2/c1-19(2,18(23)22-17-7-5-4-6-15(17)20)14-11-21-16-9-8-12(24-3)10-13(14)16/h4-11,21H,1-3H3,(H,22,23). The average molecular weight is 387 g/mol. The summed E-state index contributed by atoms with van der Waals surface area (Å²) in [5.74, 6) is 0.698. The van der Waals surface area contributed by atoms with Gasteiger partial charge in [-0.05, 0) is 65.7 Å². The minimum Gasteiger partial charge on any atom is -0.497 e. The second-order valence-corrected chi connectivity index (χ2v) is 7.03. The van der Waals surface area contributed by atoms with E-state index in [1.165, 1.54) is 0 Å². The number of ether oxygens (including phenoxy) is 1. The zero-order valence-corrected chi connectivity index (χ0v) is 15.4. The van der Waals surface area contributed by atoms with Gasteiger partial charge in [-0.3, -0.25) is 4.79 Å². The number of anilines is 1. The Morgan fingerprint density at radius 2 is 1.96 bits per heavy atom. The molecule has 2 aromatic carbocycles. The van der Waals surface area contributed by atoms with Crippen molar-refractivity contribution in [2.45, 2.75) is 19.3 Å². The number of methoxy groups -OCH3 is 1. The Hall–Kier alpha value is -2.27. The maximum atomic E-state index is 12.9. The molecule has 0 bridgehead atoms. The molecule has 0 atom stereocenters. The summed E-state index contributed by atoms with van der Waals surface area (Å²) in [7, 11) is 1.64. The number of hydrogen-bond donors (Lipinski definition) is 2. The van der Waals surface area contributed by atoms with E-state index in [4.69, 9.17) is 4.74 Å². The molecule has 1 heterocycles. The Labute approximate surface area is 149 Å². The predicted molar refractivity (Wildman–Crippen MR) is 101 cm³/mol. The van der Waals surface area contributed by atoms with Gasteiger partial charge in [-0.15, -0.1) is 0 Å². The summed E-state index contributed by atoms with van der Waals surface area (Å²) in [6.07, 6.45) is 1.89. The van der Waals surface area contributed by atoms with E-state index < -0.39 is 5.41 Å². The number of carbonyl (C=O) groups excluding carboxylic acids is 1. The summed E-state index contributed by atoms with van der Waals surface area (Å²) in [5, 5.41) is 3.99. The minimum atomic E-state index is -0.708. The number of hydrogen-bond acceptors (Lipinski definition) is 2. The number of aromatic nitrogens is 1. The number of carbonyl (C=O) groups is 1. The zero-order valence-electron chi connectivity index (χ0n) is 13.8. The van der Waals surface area contributed by atoms with Crippen molar-refractivity contribution in [3.63, 3.8) is 0 Å². The fourth-order valence-corrected chi connectivity index (χ4v) is 3.09. The second-order valence-electron chi connectivity index (χ2n) is 6.17. The molecule has 5 heteroatoms. The number of benzene rings is 2. The van der Waals surface area contributed by atoms with Crippen LogP contribution in [0.25, 0.3) is 10.9 Å². The van der Waals surface area contributed by atoms with Gasteiger partial charge in [-0.25, -0.2) is 0 Å². The normalized spacial score (nSPS) is 11.5. The first kappa shape index (κ1) is 16.6. The summed E-state index contributed by atoms with van der Waals surface area (Å²) in [5.41, 5.74) is 1.96. The summed E-state index contributed by atoms with van der Waals surface area (Å²) in [6.45, 7) is 3.84. The predicted octanol–water partition coefficient (Wildman–Crippen LogP) is 4.86. The Morgan fingerprint density at radius 1 is 1.21 bits per heavy atom. The SMILES string of the molecule is COc1ccc2[nH]cc(C(C)(C)C(=O)Nc3ccccc3Br)c2c1. The van der Waals surface area contributed by atoms with Crippen molar-refractivity contribution in [3.05, 3.63) is 58.7 Å². The first-order valence-corrected chi connectivity index (χ1v) is 8.44. The molecule has 3 rings (SSSR count). The van der Waals surface area contributed by atoms with Gasteiger partial charge in [0.2, 0.25) is 5.91 Å². The van der Waals surface area contributed by atoms with Gasteiger partial charge in [0.15, 0.2) is 0 Å². The van der Waals surface area contributed by atoms with E-state index in [9.17, 15) is 4.79 Å². The van der Waals surface area contributed by atoms with Crippen LogP contribution in [0.3, 0.4) is 0 Å². The lowest BCUT2D eigenvalue weighted by atomic mass is 9.83. The van der Waals surface area contributed by atoms with Gasteiger partial charge in [0.25, 0.3) is 0 Å². The summed E-state index contributed by atoms with van der Waals surface area (Å²) in [6, 6.07) is 13.4. The van der Waals surface area contributed by atoms with Gasteiger partial charge in [0.05, 0.1) is 18.2 Å². The van der Waals surface area contributed by atoms with Crippen LogP contribution in [0.1, 0.15) is 19.4 Å². The molecule has 0 spiro atoms. The van der Waals surface area contributed by atoms with E-state index in [-0.39, 0.29) is 5.91 Å². The quantitative estimate of drug-likeness (QED) is 0.672. The molecule has 2 N–H and O–H groups in total. The number of halogens is 1. The van der Waals surface area contributed by atoms with Gasteiger partial charge < -0.3 is 15.0 Å². The number of nitrogens with one attached hydrogen (secondary N) is 2. The molecule has 0 saturated heterocycles. The highest BCUT2D eigenvalue weighted by Gasteiger charge is 2.32. The number of para-hydroxylation sites is 1. The number of rotatable bonds is 4. The topological polar surface area (TPSA) is 54.1 Å². The minimum absolute atomic E-state index is 0.0712. The molecule has 0 fully saturated rings. The molecule has 124 valence electrons.